The van der Waals surface area contributed by atoms with Crippen molar-refractivity contribution in [3.05, 3.63) is 45.6 Å². The molecular formula is C17H7Cl2N5O3S. The normalized spacial score (nSPS) is 10.9. The van der Waals surface area contributed by atoms with Crippen molar-refractivity contribution >= 4 is 60.8 Å². The third kappa shape index (κ3) is 3.34. The van der Waals surface area contributed by atoms with Crippen molar-refractivity contribution in [2.75, 3.05) is 5.32 Å². The van der Waals surface area contributed by atoms with Gasteiger partial charge >= 0.3 is 0 Å². The van der Waals surface area contributed by atoms with E-state index in [2.05, 4.69) is 10.3 Å². The molecule has 8 nitrogen and oxygen atoms in total. The molecule has 0 fully saturated rings. The molecular weight excluding hydrogens is 425 g/mol. The Morgan fingerprint density at radius 3 is 2.07 bits per heavy atom. The van der Waals surface area contributed by atoms with Crippen LogP contribution in [0.15, 0.2) is 40.4 Å². The zero-order valence-corrected chi connectivity index (χ0v) is 15.9. The monoisotopic (exact) mass is 431 g/mol. The second-order valence-corrected chi connectivity index (χ2v) is 7.78. The number of allylic oxidation sites excluding steroid dienone is 2. The van der Waals surface area contributed by atoms with E-state index in [-0.39, 0.29) is 26.9 Å². The van der Waals surface area contributed by atoms with Crippen LogP contribution < -0.4 is 5.32 Å². The number of benzene rings is 2. The first-order valence-electron chi connectivity index (χ1n) is 7.33. The maximum absolute atomic E-state index is 11.7. The summed E-state index contributed by atoms with van der Waals surface area (Å²) in [5, 5.41) is 31.0. The van der Waals surface area contributed by atoms with Crippen LogP contribution >= 0.6 is 23.2 Å². The number of H-pyrrole nitrogens is 1. The van der Waals surface area contributed by atoms with Crippen molar-refractivity contribution in [3.8, 4) is 18.2 Å². The van der Waals surface area contributed by atoms with E-state index < -0.39 is 20.6 Å². The number of nitrogens with one attached hydrogen (secondary N) is 2. The van der Waals surface area contributed by atoms with E-state index in [4.69, 9.17) is 33.7 Å². The molecule has 0 unspecified atom stereocenters. The van der Waals surface area contributed by atoms with Gasteiger partial charge in [-0.15, -0.1) is 0 Å². The number of nitriles is 3. The minimum Gasteiger partial charge on any atom is -0.352 e. The number of fused-ring (bicyclic) bond motifs is 3. The van der Waals surface area contributed by atoms with E-state index in [0.717, 1.165) is 6.07 Å². The Bertz CT molecular complexity index is 1400. The standard InChI is InChI=1S/C17H7Cl2N5O3S/c18-9-1-11-12-2-10(19)4-15(28(25,26)27)17(12)24-16(11)13(3-9)23-14(7-22)8(5-20)6-21/h1-4,23-24H,(H,25,26,27). The van der Waals surface area contributed by atoms with Gasteiger partial charge in [0.2, 0.25) is 0 Å². The summed E-state index contributed by atoms with van der Waals surface area (Å²) < 4.78 is 33.0. The fourth-order valence-electron chi connectivity index (χ4n) is 2.72. The highest BCUT2D eigenvalue weighted by Gasteiger charge is 2.20. The summed E-state index contributed by atoms with van der Waals surface area (Å²) in [7, 11) is -4.59. The van der Waals surface area contributed by atoms with Crippen molar-refractivity contribution in [2.45, 2.75) is 4.90 Å². The molecule has 0 bridgehead atoms. The zero-order valence-electron chi connectivity index (χ0n) is 13.6. The first kappa shape index (κ1) is 19.5. The molecule has 0 saturated heterocycles. The summed E-state index contributed by atoms with van der Waals surface area (Å²) in [5.74, 6) is 0. The first-order chi connectivity index (χ1) is 13.2. The summed E-state index contributed by atoms with van der Waals surface area (Å²) in [6.07, 6.45) is 0. The van der Waals surface area contributed by atoms with E-state index >= 15 is 0 Å². The number of rotatable bonds is 3. The number of anilines is 1. The summed E-state index contributed by atoms with van der Waals surface area (Å²) in [6.45, 7) is 0. The van der Waals surface area contributed by atoms with Crippen molar-refractivity contribution in [3.63, 3.8) is 0 Å². The quantitative estimate of drug-likeness (QED) is 0.416. The van der Waals surface area contributed by atoms with Crippen molar-refractivity contribution in [1.29, 1.82) is 15.8 Å². The van der Waals surface area contributed by atoms with Crippen LogP contribution in [0.5, 0.6) is 0 Å². The van der Waals surface area contributed by atoms with Crippen LogP contribution in [-0.4, -0.2) is 18.0 Å². The van der Waals surface area contributed by atoms with Crippen LogP contribution in [0.3, 0.4) is 0 Å². The second kappa shape index (κ2) is 7.05. The molecule has 3 aromatic rings. The van der Waals surface area contributed by atoms with Gasteiger partial charge in [-0.25, -0.2) is 0 Å². The molecule has 1 aromatic heterocycles. The second-order valence-electron chi connectivity index (χ2n) is 5.51. The van der Waals surface area contributed by atoms with E-state index in [0.29, 0.717) is 16.3 Å². The van der Waals surface area contributed by atoms with Gasteiger partial charge in [0.1, 0.15) is 28.8 Å². The lowest BCUT2D eigenvalue weighted by atomic mass is 10.1. The zero-order chi connectivity index (χ0) is 20.6. The van der Waals surface area contributed by atoms with Gasteiger partial charge in [0.15, 0.2) is 5.57 Å². The van der Waals surface area contributed by atoms with Gasteiger partial charge in [0.25, 0.3) is 10.1 Å². The predicted octanol–water partition coefficient (Wildman–Crippen LogP) is 4.11. The summed E-state index contributed by atoms with van der Waals surface area (Å²) >= 11 is 12.1. The highest BCUT2D eigenvalue weighted by atomic mass is 35.5. The van der Waals surface area contributed by atoms with Crippen LogP contribution in [0, 0.1) is 34.0 Å². The van der Waals surface area contributed by atoms with Gasteiger partial charge in [0.05, 0.1) is 16.7 Å². The molecule has 0 aliphatic carbocycles. The minimum absolute atomic E-state index is 0.0735. The van der Waals surface area contributed by atoms with Gasteiger partial charge in [0, 0.05) is 20.8 Å². The average Bonchev–Trinajstić information content (AvgIpc) is 2.98. The van der Waals surface area contributed by atoms with Crippen molar-refractivity contribution in [2.24, 2.45) is 0 Å². The van der Waals surface area contributed by atoms with Crippen LogP contribution in [0.25, 0.3) is 21.8 Å². The lowest BCUT2D eigenvalue weighted by molar-refractivity contribution is 0.484. The highest BCUT2D eigenvalue weighted by molar-refractivity contribution is 7.86. The molecule has 0 atom stereocenters. The lowest BCUT2D eigenvalue weighted by Gasteiger charge is -2.07. The summed E-state index contributed by atoms with van der Waals surface area (Å²) in [5.41, 5.74) is -0.116. The third-order valence-corrected chi connectivity index (χ3v) is 5.15. The number of halogens is 2. The Morgan fingerprint density at radius 1 is 0.964 bits per heavy atom. The fraction of sp³-hybridized carbons (Fsp3) is 0. The molecule has 0 aliphatic heterocycles. The summed E-state index contributed by atoms with van der Waals surface area (Å²) in [6, 6.07) is 10.5. The molecule has 28 heavy (non-hydrogen) atoms. The molecule has 1 heterocycles. The molecule has 0 radical (unpaired) electrons. The Hall–Kier alpha value is -3.26. The molecule has 11 heteroatoms. The molecule has 0 spiro atoms. The Morgan fingerprint density at radius 2 is 1.54 bits per heavy atom. The third-order valence-electron chi connectivity index (χ3n) is 3.83. The maximum Gasteiger partial charge on any atom is 0.296 e. The number of hydrogen-bond acceptors (Lipinski definition) is 6. The van der Waals surface area contributed by atoms with Gasteiger partial charge in [-0.05, 0) is 24.3 Å². The van der Waals surface area contributed by atoms with Gasteiger partial charge < -0.3 is 10.3 Å². The predicted molar refractivity (Wildman–Crippen MR) is 103 cm³/mol. The van der Waals surface area contributed by atoms with Crippen molar-refractivity contribution < 1.29 is 13.0 Å². The fourth-order valence-corrected chi connectivity index (χ4v) is 3.92. The van der Waals surface area contributed by atoms with Gasteiger partial charge in [-0.2, -0.15) is 24.2 Å². The molecule has 0 aliphatic rings. The maximum atomic E-state index is 11.7. The van der Waals surface area contributed by atoms with Crippen LogP contribution in [0.2, 0.25) is 10.0 Å². The average molecular weight is 432 g/mol. The van der Waals surface area contributed by atoms with Crippen LogP contribution in [0.1, 0.15) is 0 Å². The van der Waals surface area contributed by atoms with Crippen LogP contribution in [0.4, 0.5) is 5.69 Å². The van der Waals surface area contributed by atoms with Crippen LogP contribution in [-0.2, 0) is 10.1 Å². The molecule has 3 N–H and O–H groups in total. The molecule has 3 rings (SSSR count). The Kier molecular flexibility index (Phi) is 4.91. The number of nitrogens with zero attached hydrogens (tertiary/aromatic N) is 3. The first-order valence-corrected chi connectivity index (χ1v) is 9.52. The van der Waals surface area contributed by atoms with Crippen molar-refractivity contribution in [1.82, 2.24) is 4.98 Å². The van der Waals surface area contributed by atoms with E-state index in [1.165, 1.54) is 18.2 Å². The topological polar surface area (TPSA) is 154 Å². The number of hydrogen-bond donors (Lipinski definition) is 3. The Labute approximate surface area is 168 Å². The van der Waals surface area contributed by atoms with Gasteiger partial charge in [-0.3, -0.25) is 4.55 Å². The SMILES string of the molecule is N#CC(C#N)=C(C#N)Nc1cc(Cl)cc2c1[nH]c1c(S(=O)(=O)O)cc(Cl)cc12. The number of aromatic nitrogens is 1. The minimum atomic E-state index is -4.59. The molecule has 0 amide bonds. The highest BCUT2D eigenvalue weighted by Crippen LogP contribution is 2.38. The molecule has 2 aromatic carbocycles. The molecule has 0 saturated carbocycles. The largest absolute Gasteiger partial charge is 0.352 e. The van der Waals surface area contributed by atoms with E-state index in [1.54, 1.807) is 18.2 Å². The Balaban J connectivity index is 2.41. The molecule has 138 valence electrons. The van der Waals surface area contributed by atoms with E-state index in [1.807, 2.05) is 0 Å². The number of aromatic amines is 1. The van der Waals surface area contributed by atoms with E-state index in [9.17, 15) is 18.2 Å². The summed E-state index contributed by atoms with van der Waals surface area (Å²) in [4.78, 5) is 2.43. The smallest absolute Gasteiger partial charge is 0.296 e. The van der Waals surface area contributed by atoms with Gasteiger partial charge in [-0.1, -0.05) is 23.2 Å². The lowest BCUT2D eigenvalue weighted by Crippen LogP contribution is -2.01.